The van der Waals surface area contributed by atoms with Crippen molar-refractivity contribution < 1.29 is 4.74 Å². The second-order valence-electron chi connectivity index (χ2n) is 7.29. The summed E-state index contributed by atoms with van der Waals surface area (Å²) in [6.45, 7) is 8.10. The Balaban J connectivity index is 1.42. The number of ether oxygens (including phenoxy) is 1. The Hall–Kier alpha value is -3.28. The fourth-order valence-electron chi connectivity index (χ4n) is 3.62. The number of hydrogen-bond donors (Lipinski definition) is 1. The third-order valence-electron chi connectivity index (χ3n) is 5.48. The molecule has 150 valence electrons. The number of nitrogens with zero attached hydrogens (tertiary/aromatic N) is 4. The molecule has 2 heterocycles. The number of aryl methyl sites for hydroxylation is 1. The van der Waals surface area contributed by atoms with Crippen LogP contribution < -0.4 is 19.9 Å². The van der Waals surface area contributed by atoms with Gasteiger partial charge in [-0.05, 0) is 61.4 Å². The maximum Gasteiger partial charge on any atom is 0.227 e. The molecule has 1 N–H and O–H groups in total. The quantitative estimate of drug-likeness (QED) is 0.707. The van der Waals surface area contributed by atoms with Gasteiger partial charge >= 0.3 is 0 Å². The summed E-state index contributed by atoms with van der Waals surface area (Å²) in [5.74, 6) is 2.39. The molecule has 6 heteroatoms. The molecule has 0 saturated carbocycles. The van der Waals surface area contributed by atoms with Crippen molar-refractivity contribution in [2.75, 3.05) is 48.4 Å². The Bertz CT molecular complexity index is 965. The van der Waals surface area contributed by atoms with E-state index in [1.807, 2.05) is 36.5 Å². The lowest BCUT2D eigenvalue weighted by atomic mass is 10.1. The molecule has 6 nitrogen and oxygen atoms in total. The zero-order valence-electron chi connectivity index (χ0n) is 17.2. The lowest BCUT2D eigenvalue weighted by Gasteiger charge is -2.37. The number of piperazine rings is 1. The topological polar surface area (TPSA) is 53.5 Å². The molecule has 1 saturated heterocycles. The van der Waals surface area contributed by atoms with Crippen LogP contribution in [0.2, 0.25) is 0 Å². The molecule has 0 unspecified atom stereocenters. The monoisotopic (exact) mass is 389 g/mol. The van der Waals surface area contributed by atoms with Crippen molar-refractivity contribution in [2.45, 2.75) is 13.8 Å². The predicted octanol–water partition coefficient (Wildman–Crippen LogP) is 4.17. The molecule has 0 radical (unpaired) electrons. The van der Waals surface area contributed by atoms with Crippen molar-refractivity contribution in [1.82, 2.24) is 9.97 Å². The van der Waals surface area contributed by atoms with Crippen LogP contribution in [0, 0.1) is 13.8 Å². The van der Waals surface area contributed by atoms with Gasteiger partial charge in [0.15, 0.2) is 0 Å². The zero-order valence-corrected chi connectivity index (χ0v) is 17.2. The van der Waals surface area contributed by atoms with Gasteiger partial charge in [-0.2, -0.15) is 4.98 Å². The van der Waals surface area contributed by atoms with Crippen LogP contribution in [0.5, 0.6) is 5.75 Å². The number of aromatic nitrogens is 2. The van der Waals surface area contributed by atoms with Gasteiger partial charge in [0.1, 0.15) is 11.6 Å². The highest BCUT2D eigenvalue weighted by Crippen LogP contribution is 2.25. The molecule has 0 amide bonds. The van der Waals surface area contributed by atoms with Crippen molar-refractivity contribution in [1.29, 1.82) is 0 Å². The number of nitrogens with one attached hydrogen (secondary N) is 1. The molecule has 0 atom stereocenters. The van der Waals surface area contributed by atoms with E-state index in [2.05, 4.69) is 52.1 Å². The van der Waals surface area contributed by atoms with Crippen LogP contribution in [0.15, 0.2) is 54.7 Å². The van der Waals surface area contributed by atoms with Crippen molar-refractivity contribution in [3.05, 3.63) is 65.9 Å². The fourth-order valence-corrected chi connectivity index (χ4v) is 3.62. The Morgan fingerprint density at radius 2 is 1.62 bits per heavy atom. The van der Waals surface area contributed by atoms with Gasteiger partial charge in [0.2, 0.25) is 5.95 Å². The molecule has 29 heavy (non-hydrogen) atoms. The average Bonchev–Trinajstić information content (AvgIpc) is 2.77. The first kappa shape index (κ1) is 19.1. The van der Waals surface area contributed by atoms with Gasteiger partial charge in [0, 0.05) is 43.8 Å². The Labute approximate surface area is 172 Å². The molecule has 1 aliphatic rings. The summed E-state index contributed by atoms with van der Waals surface area (Å²) in [4.78, 5) is 13.9. The van der Waals surface area contributed by atoms with Gasteiger partial charge in [0.25, 0.3) is 0 Å². The lowest BCUT2D eigenvalue weighted by molar-refractivity contribution is 0.415. The highest BCUT2D eigenvalue weighted by Gasteiger charge is 2.20. The SMILES string of the molecule is COc1ccc(Nc2ccnc(N3CCN(c4cccc(C)c4C)CC3)n2)cc1. The van der Waals surface area contributed by atoms with Crippen LogP contribution in [0.4, 0.5) is 23.1 Å². The van der Waals surface area contributed by atoms with E-state index in [0.29, 0.717) is 0 Å². The minimum absolute atomic E-state index is 0.768. The first-order valence-electron chi connectivity index (χ1n) is 9.94. The van der Waals surface area contributed by atoms with Gasteiger partial charge < -0.3 is 19.9 Å². The summed E-state index contributed by atoms with van der Waals surface area (Å²) in [5.41, 5.74) is 5.00. The maximum atomic E-state index is 5.21. The van der Waals surface area contributed by atoms with Crippen molar-refractivity contribution in [3.8, 4) is 5.75 Å². The number of hydrogen-bond acceptors (Lipinski definition) is 6. The lowest BCUT2D eigenvalue weighted by Crippen LogP contribution is -2.47. The molecular formula is C23H27N5O. The first-order chi connectivity index (χ1) is 14.1. The van der Waals surface area contributed by atoms with E-state index in [9.17, 15) is 0 Å². The van der Waals surface area contributed by atoms with Crippen LogP contribution in [0.1, 0.15) is 11.1 Å². The van der Waals surface area contributed by atoms with E-state index in [0.717, 1.165) is 49.4 Å². The smallest absolute Gasteiger partial charge is 0.227 e. The highest BCUT2D eigenvalue weighted by atomic mass is 16.5. The van der Waals surface area contributed by atoms with E-state index in [1.54, 1.807) is 7.11 Å². The summed E-state index contributed by atoms with van der Waals surface area (Å²) in [5, 5.41) is 3.34. The second-order valence-corrected chi connectivity index (χ2v) is 7.29. The molecule has 4 rings (SSSR count). The van der Waals surface area contributed by atoms with Crippen LogP contribution in [-0.2, 0) is 0 Å². The minimum atomic E-state index is 0.768. The molecule has 0 aliphatic carbocycles. The van der Waals surface area contributed by atoms with Gasteiger partial charge in [-0.1, -0.05) is 12.1 Å². The number of rotatable bonds is 5. The predicted molar refractivity (Wildman–Crippen MR) is 119 cm³/mol. The Kier molecular flexibility index (Phi) is 5.51. The van der Waals surface area contributed by atoms with Crippen molar-refractivity contribution in [3.63, 3.8) is 0 Å². The summed E-state index contributed by atoms with van der Waals surface area (Å²) in [7, 11) is 1.67. The molecule has 3 aromatic rings. The Morgan fingerprint density at radius 3 is 2.34 bits per heavy atom. The van der Waals surface area contributed by atoms with Gasteiger partial charge in [-0.15, -0.1) is 0 Å². The van der Waals surface area contributed by atoms with E-state index >= 15 is 0 Å². The van der Waals surface area contributed by atoms with Crippen LogP contribution >= 0.6 is 0 Å². The minimum Gasteiger partial charge on any atom is -0.497 e. The fraction of sp³-hybridized carbons (Fsp3) is 0.304. The van der Waals surface area contributed by atoms with Crippen molar-refractivity contribution in [2.24, 2.45) is 0 Å². The van der Waals surface area contributed by atoms with E-state index < -0.39 is 0 Å². The summed E-state index contributed by atoms with van der Waals surface area (Å²) >= 11 is 0. The second kappa shape index (κ2) is 8.39. The molecule has 1 fully saturated rings. The summed E-state index contributed by atoms with van der Waals surface area (Å²) < 4.78 is 5.21. The third-order valence-corrected chi connectivity index (χ3v) is 5.48. The molecule has 0 spiro atoms. The first-order valence-corrected chi connectivity index (χ1v) is 9.94. The van der Waals surface area contributed by atoms with Crippen LogP contribution in [-0.4, -0.2) is 43.3 Å². The van der Waals surface area contributed by atoms with Gasteiger partial charge in [-0.3, -0.25) is 0 Å². The van der Waals surface area contributed by atoms with Crippen molar-refractivity contribution >= 4 is 23.1 Å². The van der Waals surface area contributed by atoms with Crippen LogP contribution in [0.3, 0.4) is 0 Å². The normalized spacial score (nSPS) is 14.0. The molecule has 0 bridgehead atoms. The Morgan fingerprint density at radius 1 is 0.897 bits per heavy atom. The average molecular weight is 390 g/mol. The number of benzene rings is 2. The summed E-state index contributed by atoms with van der Waals surface area (Å²) in [6, 6.07) is 16.2. The largest absolute Gasteiger partial charge is 0.497 e. The zero-order chi connectivity index (χ0) is 20.2. The number of anilines is 4. The molecule has 1 aliphatic heterocycles. The van der Waals surface area contributed by atoms with E-state index in [4.69, 9.17) is 9.72 Å². The molecule has 1 aromatic heterocycles. The highest BCUT2D eigenvalue weighted by molar-refractivity contribution is 5.59. The van der Waals surface area contributed by atoms with Crippen LogP contribution in [0.25, 0.3) is 0 Å². The van der Waals surface area contributed by atoms with E-state index in [-0.39, 0.29) is 0 Å². The standard InChI is InChI=1S/C23H27N5O/c1-17-5-4-6-21(18(17)2)27-13-15-28(16-14-27)23-24-12-11-22(26-23)25-19-7-9-20(29-3)10-8-19/h4-12H,13-16H2,1-3H3,(H,24,25,26). The number of methoxy groups -OCH3 is 1. The third kappa shape index (κ3) is 4.26. The molecular weight excluding hydrogens is 362 g/mol. The van der Waals surface area contributed by atoms with E-state index in [1.165, 1.54) is 16.8 Å². The maximum absolute atomic E-state index is 5.21. The molecule has 2 aromatic carbocycles. The van der Waals surface area contributed by atoms with Gasteiger partial charge in [-0.25, -0.2) is 4.98 Å². The van der Waals surface area contributed by atoms with Gasteiger partial charge in [0.05, 0.1) is 7.11 Å². The summed E-state index contributed by atoms with van der Waals surface area (Å²) in [6.07, 6.45) is 1.81.